The van der Waals surface area contributed by atoms with Crippen molar-refractivity contribution >= 4 is 21.7 Å². The second-order valence-corrected chi connectivity index (χ2v) is 8.00. The van der Waals surface area contributed by atoms with Gasteiger partial charge in [0.15, 0.2) is 0 Å². The summed E-state index contributed by atoms with van der Waals surface area (Å²) in [5.41, 5.74) is 0.770. The minimum absolute atomic E-state index is 0.274. The molecule has 0 aliphatic carbocycles. The first-order valence-electron chi connectivity index (χ1n) is 8.54. The van der Waals surface area contributed by atoms with Gasteiger partial charge in [0.2, 0.25) is 5.03 Å². The van der Waals surface area contributed by atoms with Crippen molar-refractivity contribution in [2.24, 2.45) is 0 Å². The predicted octanol–water partition coefficient (Wildman–Crippen LogP) is 1.50. The molecule has 1 N–H and O–H groups in total. The van der Waals surface area contributed by atoms with E-state index in [9.17, 15) is 18.3 Å². The number of carboxylic acid groups (broad SMARTS) is 1. The molecule has 0 unspecified atom stereocenters. The summed E-state index contributed by atoms with van der Waals surface area (Å²) < 4.78 is 28.6. The molecule has 9 heteroatoms. The summed E-state index contributed by atoms with van der Waals surface area (Å²) in [4.78, 5) is 13.6. The topological polar surface area (TPSA) is 95.7 Å². The van der Waals surface area contributed by atoms with Crippen LogP contribution < -0.4 is 4.90 Å². The lowest BCUT2D eigenvalue weighted by atomic mass is 10.2. The summed E-state index contributed by atoms with van der Waals surface area (Å²) >= 11 is 0. The molecule has 8 nitrogen and oxygen atoms in total. The Morgan fingerprint density at radius 1 is 1.15 bits per heavy atom. The Morgan fingerprint density at radius 3 is 2.38 bits per heavy atom. The molecule has 0 spiro atoms. The van der Waals surface area contributed by atoms with Gasteiger partial charge in [-0.3, -0.25) is 4.68 Å². The van der Waals surface area contributed by atoms with Crippen molar-refractivity contribution in [2.75, 3.05) is 31.1 Å². The van der Waals surface area contributed by atoms with Gasteiger partial charge in [-0.1, -0.05) is 25.1 Å². The summed E-state index contributed by atoms with van der Waals surface area (Å²) in [5, 5.41) is 13.0. The maximum atomic E-state index is 12.9. The molecule has 0 amide bonds. The number of aromatic nitrogens is 2. The van der Waals surface area contributed by atoms with Gasteiger partial charge in [-0.05, 0) is 18.6 Å². The number of para-hydroxylation sites is 1. The third-order valence-corrected chi connectivity index (χ3v) is 6.19. The van der Waals surface area contributed by atoms with E-state index in [-0.39, 0.29) is 23.7 Å². The Kier molecular flexibility index (Phi) is 5.28. The number of piperazine rings is 1. The standard InChI is InChI=1S/C17H22N4O4S/c1-2-8-20-13-15(17(22)23)16(18-20)26(24,25)21-11-9-19(10-12-21)14-6-4-3-5-7-14/h3-7,13H,2,8-12H2,1H3,(H,22,23). The van der Waals surface area contributed by atoms with Crippen LogP contribution in [0.2, 0.25) is 0 Å². The van der Waals surface area contributed by atoms with Gasteiger partial charge >= 0.3 is 5.97 Å². The number of aryl methyl sites for hydroxylation is 1. The average Bonchev–Trinajstić information content (AvgIpc) is 3.08. The fourth-order valence-corrected chi connectivity index (χ4v) is 4.55. The molecule has 0 radical (unpaired) electrons. The number of anilines is 1. The van der Waals surface area contributed by atoms with Crippen molar-refractivity contribution in [3.8, 4) is 0 Å². The molecule has 0 atom stereocenters. The lowest BCUT2D eigenvalue weighted by Gasteiger charge is -2.35. The zero-order valence-electron chi connectivity index (χ0n) is 14.6. The fourth-order valence-electron chi connectivity index (χ4n) is 3.03. The Bertz CT molecular complexity index is 871. The first-order chi connectivity index (χ1) is 12.4. The number of carboxylic acids is 1. The van der Waals surface area contributed by atoms with E-state index in [1.54, 1.807) is 0 Å². The summed E-state index contributed by atoms with van der Waals surface area (Å²) in [6, 6.07) is 9.79. The molecule has 0 bridgehead atoms. The van der Waals surface area contributed by atoms with E-state index in [4.69, 9.17) is 0 Å². The lowest BCUT2D eigenvalue weighted by Crippen LogP contribution is -2.49. The first-order valence-corrected chi connectivity index (χ1v) is 9.98. The van der Waals surface area contributed by atoms with Gasteiger partial charge in [0.25, 0.3) is 10.0 Å². The number of carbonyl (C=O) groups is 1. The summed E-state index contributed by atoms with van der Waals surface area (Å²) in [5.74, 6) is -1.28. The van der Waals surface area contributed by atoms with Crippen LogP contribution in [0.1, 0.15) is 23.7 Å². The average molecular weight is 378 g/mol. The Hall–Kier alpha value is -2.39. The molecule has 1 aromatic carbocycles. The molecule has 2 heterocycles. The molecule has 0 saturated carbocycles. The maximum Gasteiger partial charge on any atom is 0.340 e. The maximum absolute atomic E-state index is 12.9. The van der Waals surface area contributed by atoms with Gasteiger partial charge < -0.3 is 10.0 Å². The van der Waals surface area contributed by atoms with Crippen molar-refractivity contribution < 1.29 is 18.3 Å². The summed E-state index contributed by atoms with van der Waals surface area (Å²) in [6.07, 6.45) is 2.02. The number of hydrogen-bond donors (Lipinski definition) is 1. The van der Waals surface area contributed by atoms with Crippen LogP contribution in [-0.4, -0.2) is 59.8 Å². The Morgan fingerprint density at radius 2 is 1.81 bits per heavy atom. The lowest BCUT2D eigenvalue weighted by molar-refractivity contribution is 0.0692. The molecule has 140 valence electrons. The predicted molar refractivity (Wildman–Crippen MR) is 96.9 cm³/mol. The zero-order valence-corrected chi connectivity index (χ0v) is 15.4. The largest absolute Gasteiger partial charge is 0.478 e. The molecule has 1 aromatic heterocycles. The van der Waals surface area contributed by atoms with Gasteiger partial charge in [-0.15, -0.1) is 0 Å². The minimum Gasteiger partial charge on any atom is -0.478 e. The van der Waals surface area contributed by atoms with Crippen molar-refractivity contribution in [3.63, 3.8) is 0 Å². The molecule has 1 saturated heterocycles. The molecule has 2 aromatic rings. The number of nitrogens with zero attached hydrogens (tertiary/aromatic N) is 4. The normalized spacial score (nSPS) is 16.0. The monoisotopic (exact) mass is 378 g/mol. The van der Waals surface area contributed by atoms with Crippen LogP contribution in [0.3, 0.4) is 0 Å². The van der Waals surface area contributed by atoms with Gasteiger partial charge in [0, 0.05) is 44.6 Å². The fraction of sp³-hybridized carbons (Fsp3) is 0.412. The van der Waals surface area contributed by atoms with Gasteiger partial charge in [0.1, 0.15) is 5.56 Å². The molecular formula is C17H22N4O4S. The highest BCUT2D eigenvalue weighted by Gasteiger charge is 2.34. The van der Waals surface area contributed by atoms with Crippen molar-refractivity contribution in [2.45, 2.75) is 24.9 Å². The van der Waals surface area contributed by atoms with E-state index in [2.05, 4.69) is 10.00 Å². The van der Waals surface area contributed by atoms with E-state index in [1.807, 2.05) is 37.3 Å². The second-order valence-electron chi connectivity index (χ2n) is 6.14. The molecule has 1 aliphatic heterocycles. The molecule has 3 rings (SSSR count). The van der Waals surface area contributed by atoms with Crippen LogP contribution in [0.15, 0.2) is 41.6 Å². The number of rotatable bonds is 6. The summed E-state index contributed by atoms with van der Waals surface area (Å²) in [7, 11) is -3.95. The smallest absolute Gasteiger partial charge is 0.340 e. The van der Waals surface area contributed by atoms with E-state index < -0.39 is 16.0 Å². The Balaban J connectivity index is 1.80. The minimum atomic E-state index is -3.95. The zero-order chi connectivity index (χ0) is 18.7. The van der Waals surface area contributed by atoms with Crippen LogP contribution in [0, 0.1) is 0 Å². The van der Waals surface area contributed by atoms with Crippen LogP contribution in [0.4, 0.5) is 5.69 Å². The molecule has 1 fully saturated rings. The van der Waals surface area contributed by atoms with E-state index in [0.717, 1.165) is 12.1 Å². The van der Waals surface area contributed by atoms with Crippen LogP contribution >= 0.6 is 0 Å². The van der Waals surface area contributed by atoms with Crippen molar-refractivity contribution in [1.82, 2.24) is 14.1 Å². The van der Waals surface area contributed by atoms with Crippen LogP contribution in [0.25, 0.3) is 0 Å². The van der Waals surface area contributed by atoms with Crippen molar-refractivity contribution in [3.05, 3.63) is 42.1 Å². The molecule has 1 aliphatic rings. The highest BCUT2D eigenvalue weighted by molar-refractivity contribution is 7.89. The SMILES string of the molecule is CCCn1cc(C(=O)O)c(S(=O)(=O)N2CCN(c3ccccc3)CC2)n1. The molecular weight excluding hydrogens is 356 g/mol. The number of sulfonamides is 1. The quantitative estimate of drug-likeness (QED) is 0.818. The highest BCUT2D eigenvalue weighted by Crippen LogP contribution is 2.22. The van der Waals surface area contributed by atoms with Crippen molar-refractivity contribution in [1.29, 1.82) is 0 Å². The second kappa shape index (κ2) is 7.46. The highest BCUT2D eigenvalue weighted by atomic mass is 32.2. The van der Waals surface area contributed by atoms with Gasteiger partial charge in [0.05, 0.1) is 0 Å². The third-order valence-electron chi connectivity index (χ3n) is 4.36. The van der Waals surface area contributed by atoms with Gasteiger partial charge in [-0.25, -0.2) is 13.2 Å². The number of aromatic carboxylic acids is 1. The van der Waals surface area contributed by atoms with Gasteiger partial charge in [-0.2, -0.15) is 9.40 Å². The first kappa shape index (κ1) is 18.4. The van der Waals surface area contributed by atoms with Crippen LogP contribution in [-0.2, 0) is 16.6 Å². The van der Waals surface area contributed by atoms with E-state index in [1.165, 1.54) is 15.2 Å². The van der Waals surface area contributed by atoms with Crippen LogP contribution in [0.5, 0.6) is 0 Å². The number of hydrogen-bond acceptors (Lipinski definition) is 5. The number of benzene rings is 1. The van der Waals surface area contributed by atoms with E-state index >= 15 is 0 Å². The van der Waals surface area contributed by atoms with E-state index in [0.29, 0.717) is 19.6 Å². The third kappa shape index (κ3) is 3.58. The summed E-state index contributed by atoms with van der Waals surface area (Å²) in [6.45, 7) is 4.05. The Labute approximate surface area is 152 Å². The molecule has 26 heavy (non-hydrogen) atoms.